The molecule has 5 heteroatoms. The summed E-state index contributed by atoms with van der Waals surface area (Å²) in [6.07, 6.45) is 3.51. The zero-order valence-corrected chi connectivity index (χ0v) is 11.8. The molecular formula is C15H21FN2O2. The van der Waals surface area contributed by atoms with Crippen molar-refractivity contribution in [2.24, 2.45) is 5.16 Å². The van der Waals surface area contributed by atoms with E-state index in [1.54, 1.807) is 13.0 Å². The number of ether oxygens (including phenoxy) is 1. The maximum atomic E-state index is 13.2. The molecule has 1 aromatic rings. The van der Waals surface area contributed by atoms with E-state index in [2.05, 4.69) is 10.1 Å². The zero-order chi connectivity index (χ0) is 14.4. The molecule has 0 aliphatic carbocycles. The second-order valence-corrected chi connectivity index (χ2v) is 5.08. The van der Waals surface area contributed by atoms with Gasteiger partial charge in [-0.05, 0) is 57.5 Å². The van der Waals surface area contributed by atoms with Crippen LogP contribution in [0.15, 0.2) is 23.4 Å². The minimum atomic E-state index is -0.368. The van der Waals surface area contributed by atoms with Gasteiger partial charge in [0.25, 0.3) is 0 Å². The van der Waals surface area contributed by atoms with Crippen LogP contribution >= 0.6 is 0 Å². The average Bonchev–Trinajstić information content (AvgIpc) is 2.97. The van der Waals surface area contributed by atoms with Gasteiger partial charge in [-0.1, -0.05) is 5.16 Å². The lowest BCUT2D eigenvalue weighted by Gasteiger charge is -2.15. The summed E-state index contributed by atoms with van der Waals surface area (Å²) in [6.45, 7) is 5.58. The molecule has 1 N–H and O–H groups in total. The fourth-order valence-electron chi connectivity index (χ4n) is 2.44. The van der Waals surface area contributed by atoms with E-state index in [0.717, 1.165) is 13.0 Å². The minimum Gasteiger partial charge on any atom is -0.493 e. The van der Waals surface area contributed by atoms with Crippen LogP contribution in [0.5, 0.6) is 5.75 Å². The van der Waals surface area contributed by atoms with Crippen molar-refractivity contribution in [2.75, 3.05) is 26.2 Å². The number of rotatable bonds is 6. The first-order valence-electron chi connectivity index (χ1n) is 7.04. The van der Waals surface area contributed by atoms with Crippen molar-refractivity contribution < 1.29 is 14.3 Å². The Kier molecular flexibility index (Phi) is 5.35. The maximum Gasteiger partial charge on any atom is 0.128 e. The van der Waals surface area contributed by atoms with Crippen molar-refractivity contribution in [3.8, 4) is 5.75 Å². The van der Waals surface area contributed by atoms with Crippen molar-refractivity contribution >= 4 is 5.71 Å². The van der Waals surface area contributed by atoms with E-state index in [0.29, 0.717) is 23.6 Å². The highest BCUT2D eigenvalue weighted by molar-refractivity contribution is 6.00. The fraction of sp³-hybridized carbons (Fsp3) is 0.533. The van der Waals surface area contributed by atoms with Crippen molar-refractivity contribution in [3.63, 3.8) is 0 Å². The Bertz CT molecular complexity index is 471. The predicted octanol–water partition coefficient (Wildman–Crippen LogP) is 2.89. The van der Waals surface area contributed by atoms with Gasteiger partial charge in [0.1, 0.15) is 11.6 Å². The molecule has 1 aliphatic rings. The van der Waals surface area contributed by atoms with Crippen LogP contribution in [0.3, 0.4) is 0 Å². The Hall–Kier alpha value is -1.62. The van der Waals surface area contributed by atoms with Gasteiger partial charge in [-0.3, -0.25) is 0 Å². The van der Waals surface area contributed by atoms with Crippen LogP contribution in [0.2, 0.25) is 0 Å². The number of hydrogen-bond donors (Lipinski definition) is 1. The van der Waals surface area contributed by atoms with Crippen LogP contribution in [0.1, 0.15) is 31.7 Å². The Morgan fingerprint density at radius 2 is 2.15 bits per heavy atom. The molecule has 2 rings (SSSR count). The number of hydrogen-bond acceptors (Lipinski definition) is 4. The number of halogens is 1. The summed E-state index contributed by atoms with van der Waals surface area (Å²) < 4.78 is 18.9. The van der Waals surface area contributed by atoms with Crippen LogP contribution in [-0.4, -0.2) is 42.1 Å². The van der Waals surface area contributed by atoms with Gasteiger partial charge in [-0.2, -0.15) is 0 Å². The molecule has 1 aromatic carbocycles. The summed E-state index contributed by atoms with van der Waals surface area (Å²) in [5.74, 6) is 0.190. The highest BCUT2D eigenvalue weighted by atomic mass is 19.1. The predicted molar refractivity (Wildman–Crippen MR) is 76.2 cm³/mol. The first-order valence-corrected chi connectivity index (χ1v) is 7.04. The number of benzene rings is 1. The zero-order valence-electron chi connectivity index (χ0n) is 11.8. The monoisotopic (exact) mass is 280 g/mol. The second kappa shape index (κ2) is 7.24. The minimum absolute atomic E-state index is 0.346. The Morgan fingerprint density at radius 1 is 1.40 bits per heavy atom. The summed E-state index contributed by atoms with van der Waals surface area (Å²) in [4.78, 5) is 2.43. The molecule has 110 valence electrons. The molecule has 0 radical (unpaired) electrons. The van der Waals surface area contributed by atoms with E-state index in [4.69, 9.17) is 9.94 Å². The molecule has 0 bridgehead atoms. The molecule has 4 nitrogen and oxygen atoms in total. The lowest BCUT2D eigenvalue weighted by atomic mass is 10.1. The molecule has 0 atom stereocenters. The molecule has 0 spiro atoms. The molecule has 0 aromatic heterocycles. The van der Waals surface area contributed by atoms with Crippen molar-refractivity contribution in [1.82, 2.24) is 4.90 Å². The molecule has 0 amide bonds. The SMILES string of the molecule is C/C(=N/O)c1cc(F)ccc1OCCCN1CCCC1. The van der Waals surface area contributed by atoms with Gasteiger partial charge in [-0.15, -0.1) is 0 Å². The second-order valence-electron chi connectivity index (χ2n) is 5.08. The van der Waals surface area contributed by atoms with Crippen LogP contribution in [0.4, 0.5) is 4.39 Å². The van der Waals surface area contributed by atoms with E-state index < -0.39 is 0 Å². The van der Waals surface area contributed by atoms with E-state index in [9.17, 15) is 4.39 Å². The molecule has 1 fully saturated rings. The maximum absolute atomic E-state index is 13.2. The normalized spacial score (nSPS) is 16.6. The summed E-state index contributed by atoms with van der Waals surface area (Å²) in [5.41, 5.74) is 0.840. The largest absolute Gasteiger partial charge is 0.493 e. The topological polar surface area (TPSA) is 45.1 Å². The Morgan fingerprint density at radius 3 is 2.85 bits per heavy atom. The van der Waals surface area contributed by atoms with Gasteiger partial charge in [0.15, 0.2) is 0 Å². The average molecular weight is 280 g/mol. The van der Waals surface area contributed by atoms with E-state index in [-0.39, 0.29) is 5.82 Å². The molecule has 20 heavy (non-hydrogen) atoms. The van der Waals surface area contributed by atoms with Gasteiger partial charge in [0.05, 0.1) is 12.3 Å². The first kappa shape index (κ1) is 14.8. The first-order chi connectivity index (χ1) is 9.70. The molecule has 1 saturated heterocycles. The summed E-state index contributed by atoms with van der Waals surface area (Å²) in [5, 5.41) is 11.9. The molecular weight excluding hydrogens is 259 g/mol. The fourth-order valence-corrected chi connectivity index (χ4v) is 2.44. The standard InChI is InChI=1S/C15H21FN2O2/c1-12(17-19)14-11-13(16)5-6-15(14)20-10-4-9-18-7-2-3-8-18/h5-6,11,19H,2-4,7-10H2,1H3/b17-12-. The Balaban J connectivity index is 1.88. The molecule has 0 saturated carbocycles. The van der Waals surface area contributed by atoms with Crippen molar-refractivity contribution in [3.05, 3.63) is 29.6 Å². The van der Waals surface area contributed by atoms with Gasteiger partial charge >= 0.3 is 0 Å². The summed E-state index contributed by atoms with van der Waals surface area (Å²) >= 11 is 0. The quantitative estimate of drug-likeness (QED) is 0.377. The molecule has 1 heterocycles. The Labute approximate surface area is 118 Å². The lowest BCUT2D eigenvalue weighted by Crippen LogP contribution is -2.22. The third kappa shape index (κ3) is 3.93. The van der Waals surface area contributed by atoms with Crippen molar-refractivity contribution in [1.29, 1.82) is 0 Å². The van der Waals surface area contributed by atoms with E-state index in [1.165, 1.54) is 38.1 Å². The van der Waals surface area contributed by atoms with E-state index in [1.807, 2.05) is 0 Å². The third-order valence-corrected chi connectivity index (χ3v) is 3.56. The number of likely N-dealkylation sites (tertiary alicyclic amines) is 1. The summed E-state index contributed by atoms with van der Waals surface area (Å²) in [7, 11) is 0. The van der Waals surface area contributed by atoms with Crippen LogP contribution in [0, 0.1) is 5.82 Å². The molecule has 0 unspecified atom stereocenters. The third-order valence-electron chi connectivity index (χ3n) is 3.56. The number of nitrogens with zero attached hydrogens (tertiary/aromatic N) is 2. The summed E-state index contributed by atoms with van der Waals surface area (Å²) in [6, 6.07) is 4.25. The van der Waals surface area contributed by atoms with Gasteiger partial charge in [0, 0.05) is 12.1 Å². The van der Waals surface area contributed by atoms with E-state index >= 15 is 0 Å². The van der Waals surface area contributed by atoms with Crippen LogP contribution in [-0.2, 0) is 0 Å². The smallest absolute Gasteiger partial charge is 0.128 e. The number of oxime groups is 1. The van der Waals surface area contributed by atoms with Crippen LogP contribution < -0.4 is 4.74 Å². The van der Waals surface area contributed by atoms with Gasteiger partial charge in [0.2, 0.25) is 0 Å². The van der Waals surface area contributed by atoms with Crippen LogP contribution in [0.25, 0.3) is 0 Å². The van der Waals surface area contributed by atoms with Gasteiger partial charge in [-0.25, -0.2) is 4.39 Å². The highest BCUT2D eigenvalue weighted by Crippen LogP contribution is 2.21. The highest BCUT2D eigenvalue weighted by Gasteiger charge is 2.12. The molecule has 1 aliphatic heterocycles. The van der Waals surface area contributed by atoms with Gasteiger partial charge < -0.3 is 14.8 Å². The lowest BCUT2D eigenvalue weighted by molar-refractivity contribution is 0.262. The van der Waals surface area contributed by atoms with Crippen molar-refractivity contribution in [2.45, 2.75) is 26.2 Å².